The predicted molar refractivity (Wildman–Crippen MR) is 69.5 cm³/mol. The van der Waals surface area contributed by atoms with Crippen LogP contribution in [0.2, 0.25) is 4.82 Å². The van der Waals surface area contributed by atoms with Gasteiger partial charge < -0.3 is 0 Å². The van der Waals surface area contributed by atoms with E-state index in [4.69, 9.17) is 9.47 Å². The van der Waals surface area contributed by atoms with Crippen molar-refractivity contribution in [3.8, 4) is 0 Å². The Hall–Kier alpha value is -0.841. The molecule has 0 radical (unpaired) electrons. The summed E-state index contributed by atoms with van der Waals surface area (Å²) >= 11 is 3.00. The minimum absolute atomic E-state index is 0.328. The number of benzene rings is 1. The molecular weight excluding hydrogens is 367 g/mol. The van der Waals surface area contributed by atoms with Gasteiger partial charge in [-0.05, 0) is 0 Å². The molecule has 1 aliphatic rings. The summed E-state index contributed by atoms with van der Waals surface area (Å²) in [6.45, 7) is 3.09. The van der Waals surface area contributed by atoms with Crippen LogP contribution in [0.4, 0.5) is 0 Å². The third-order valence-electron chi connectivity index (χ3n) is 2.19. The second-order valence-electron chi connectivity index (χ2n) is 4.19. The molecule has 0 amide bonds. The zero-order valence-corrected chi connectivity index (χ0v) is 13.1. The number of halogens is 1. The van der Waals surface area contributed by atoms with Gasteiger partial charge in [0.25, 0.3) is 0 Å². The summed E-state index contributed by atoms with van der Waals surface area (Å²) in [6, 6.07) is 7.51. The van der Waals surface area contributed by atoms with E-state index >= 15 is 0 Å². The molecule has 1 saturated heterocycles. The predicted octanol–water partition coefficient (Wildman–Crippen LogP) is 1.40. The number of cyclic esters (lactones) is 2. The molecule has 2 rings (SSSR count). The van der Waals surface area contributed by atoms with Gasteiger partial charge in [0.05, 0.1) is 0 Å². The molecule has 96 valence electrons. The molecule has 0 N–H and O–H groups in total. The molecule has 1 aromatic carbocycles. The SMILES string of the molecule is CC1(C)OC(=O)C([Se]c2ccc(Br)cc2)C(=O)O1. The molecule has 6 heteroatoms. The number of hydrogen-bond acceptors (Lipinski definition) is 4. The van der Waals surface area contributed by atoms with Crippen molar-refractivity contribution in [3.05, 3.63) is 28.7 Å². The fourth-order valence-corrected chi connectivity index (χ4v) is 3.51. The van der Waals surface area contributed by atoms with Gasteiger partial charge in [-0.25, -0.2) is 0 Å². The van der Waals surface area contributed by atoms with E-state index in [9.17, 15) is 9.59 Å². The summed E-state index contributed by atoms with van der Waals surface area (Å²) < 4.78 is 12.1. The fraction of sp³-hybridized carbons (Fsp3) is 0.333. The van der Waals surface area contributed by atoms with Gasteiger partial charge in [0.1, 0.15) is 0 Å². The Morgan fingerprint density at radius 3 is 2.11 bits per heavy atom. The van der Waals surface area contributed by atoms with E-state index in [1.54, 1.807) is 13.8 Å². The van der Waals surface area contributed by atoms with Crippen LogP contribution in [0.1, 0.15) is 13.8 Å². The maximum atomic E-state index is 11.8. The Kier molecular flexibility index (Phi) is 3.80. The van der Waals surface area contributed by atoms with Crippen molar-refractivity contribution in [2.75, 3.05) is 0 Å². The summed E-state index contributed by atoms with van der Waals surface area (Å²) in [4.78, 5) is 22.7. The van der Waals surface area contributed by atoms with Crippen LogP contribution in [0.3, 0.4) is 0 Å². The molecule has 18 heavy (non-hydrogen) atoms. The quantitative estimate of drug-likeness (QED) is 0.444. The van der Waals surface area contributed by atoms with Crippen molar-refractivity contribution in [1.29, 1.82) is 0 Å². The zero-order chi connectivity index (χ0) is 13.3. The second kappa shape index (κ2) is 5.03. The molecule has 0 aliphatic carbocycles. The third kappa shape index (κ3) is 3.13. The molecule has 4 nitrogen and oxygen atoms in total. The van der Waals surface area contributed by atoms with Gasteiger partial charge in [0.2, 0.25) is 0 Å². The van der Waals surface area contributed by atoms with Gasteiger partial charge in [-0.15, -0.1) is 0 Å². The maximum absolute atomic E-state index is 11.8. The van der Waals surface area contributed by atoms with Crippen LogP contribution in [0.15, 0.2) is 28.7 Å². The van der Waals surface area contributed by atoms with Crippen molar-refractivity contribution in [2.45, 2.75) is 24.5 Å². The normalized spacial score (nSPS) is 19.3. The van der Waals surface area contributed by atoms with Gasteiger partial charge in [-0.3, -0.25) is 0 Å². The van der Waals surface area contributed by atoms with E-state index in [1.807, 2.05) is 24.3 Å². The first-order valence-electron chi connectivity index (χ1n) is 5.25. The van der Waals surface area contributed by atoms with Crippen LogP contribution in [-0.2, 0) is 19.1 Å². The number of ether oxygens (including phenoxy) is 2. The minimum atomic E-state index is -1.15. The average molecular weight is 378 g/mol. The van der Waals surface area contributed by atoms with Crippen molar-refractivity contribution >= 4 is 47.3 Å². The second-order valence-corrected chi connectivity index (χ2v) is 7.58. The molecular formula is C12H11BrO4Se. The number of hydrogen-bond donors (Lipinski definition) is 0. The zero-order valence-electron chi connectivity index (χ0n) is 9.81. The van der Waals surface area contributed by atoms with E-state index in [2.05, 4.69) is 15.9 Å². The molecule has 1 fully saturated rings. The van der Waals surface area contributed by atoms with Gasteiger partial charge in [0.15, 0.2) is 0 Å². The number of carbonyl (C=O) groups is 2. The summed E-state index contributed by atoms with van der Waals surface area (Å²) in [5.41, 5.74) is 0. The van der Waals surface area contributed by atoms with Crippen molar-refractivity contribution in [2.24, 2.45) is 0 Å². The fourth-order valence-electron chi connectivity index (χ4n) is 1.45. The summed E-state index contributed by atoms with van der Waals surface area (Å²) in [5.74, 6) is -2.15. The third-order valence-corrected chi connectivity index (χ3v) is 5.16. The molecule has 0 bridgehead atoms. The molecule has 0 spiro atoms. The Balaban J connectivity index is 2.12. The molecule has 0 atom stereocenters. The first-order chi connectivity index (χ1) is 8.37. The van der Waals surface area contributed by atoms with Crippen molar-refractivity contribution in [3.63, 3.8) is 0 Å². The van der Waals surface area contributed by atoms with Gasteiger partial charge in [-0.2, -0.15) is 0 Å². The van der Waals surface area contributed by atoms with E-state index in [1.165, 1.54) is 0 Å². The van der Waals surface area contributed by atoms with E-state index < -0.39 is 22.5 Å². The van der Waals surface area contributed by atoms with E-state index in [0.717, 1.165) is 8.93 Å². The van der Waals surface area contributed by atoms with Crippen molar-refractivity contribution in [1.82, 2.24) is 0 Å². The van der Waals surface area contributed by atoms with Gasteiger partial charge >= 0.3 is 120 Å². The van der Waals surface area contributed by atoms with Gasteiger partial charge in [-0.1, -0.05) is 0 Å². The summed E-state index contributed by atoms with van der Waals surface area (Å²) in [5, 5.41) is 0. The van der Waals surface area contributed by atoms with Crippen molar-refractivity contribution < 1.29 is 19.1 Å². The standard InChI is InChI=1S/C12H11BrO4Se/c1-12(2)16-10(14)9(11(15)17-12)18-8-5-3-7(13)4-6-8/h3-6,9H,1-2H3. The molecule has 1 aliphatic heterocycles. The first-order valence-corrected chi connectivity index (χ1v) is 7.89. The van der Waals surface area contributed by atoms with E-state index in [0.29, 0.717) is 0 Å². The molecule has 1 heterocycles. The Morgan fingerprint density at radius 2 is 1.61 bits per heavy atom. The average Bonchev–Trinajstić information content (AvgIpc) is 2.24. The number of esters is 2. The molecule has 0 unspecified atom stereocenters. The van der Waals surface area contributed by atoms with Crippen LogP contribution in [-0.4, -0.2) is 32.7 Å². The van der Waals surface area contributed by atoms with Crippen LogP contribution in [0, 0.1) is 0 Å². The van der Waals surface area contributed by atoms with Crippen LogP contribution >= 0.6 is 15.9 Å². The topological polar surface area (TPSA) is 52.6 Å². The number of carbonyl (C=O) groups excluding carboxylic acids is 2. The Morgan fingerprint density at radius 1 is 1.11 bits per heavy atom. The Labute approximate surface area is 119 Å². The molecule has 0 aromatic heterocycles. The monoisotopic (exact) mass is 378 g/mol. The van der Waals surface area contributed by atoms with E-state index in [-0.39, 0.29) is 15.0 Å². The molecule has 0 saturated carbocycles. The summed E-state index contributed by atoms with van der Waals surface area (Å²) in [7, 11) is 0. The van der Waals surface area contributed by atoms with Crippen LogP contribution in [0.5, 0.6) is 0 Å². The van der Waals surface area contributed by atoms with Crippen LogP contribution in [0.25, 0.3) is 0 Å². The van der Waals surface area contributed by atoms with Gasteiger partial charge in [0, 0.05) is 0 Å². The molecule has 1 aromatic rings. The summed E-state index contributed by atoms with van der Waals surface area (Å²) in [6.07, 6.45) is 0. The Bertz CT molecular complexity index is 463. The first kappa shape index (κ1) is 13.6. The van der Waals surface area contributed by atoms with Crippen LogP contribution < -0.4 is 4.46 Å². The number of rotatable bonds is 2.